The van der Waals surface area contributed by atoms with Crippen molar-refractivity contribution in [3.05, 3.63) is 29.6 Å². The summed E-state index contributed by atoms with van der Waals surface area (Å²) >= 11 is 0. The fourth-order valence-electron chi connectivity index (χ4n) is 3.86. The van der Waals surface area contributed by atoms with Gasteiger partial charge in [0.1, 0.15) is 0 Å². The maximum atomic E-state index is 13.7. The average Bonchev–Trinajstić information content (AvgIpc) is 2.48. The van der Waals surface area contributed by atoms with Crippen molar-refractivity contribution >= 4 is 5.69 Å². The number of hydrogen-bond donors (Lipinski definition) is 1. The number of fused-ring (bicyclic) bond motifs is 1. The molecule has 0 spiro atoms. The lowest BCUT2D eigenvalue weighted by molar-refractivity contribution is 0.162. The molecule has 3 rings (SSSR count). The first-order valence-corrected chi connectivity index (χ1v) is 7.55. The lowest BCUT2D eigenvalue weighted by atomic mass is 9.69. The van der Waals surface area contributed by atoms with Gasteiger partial charge >= 0.3 is 0 Å². The largest absolute Gasteiger partial charge is 0.380 e. The van der Waals surface area contributed by atoms with Gasteiger partial charge in [-0.2, -0.15) is 0 Å². The molecule has 0 radical (unpaired) electrons. The minimum atomic E-state index is -1.39. The molecule has 20 heavy (non-hydrogen) atoms. The molecule has 0 bridgehead atoms. The molecule has 110 valence electrons. The Balaban J connectivity index is 1.68. The second-order valence-corrected chi connectivity index (χ2v) is 6.18. The van der Waals surface area contributed by atoms with Crippen molar-refractivity contribution in [1.29, 1.82) is 0 Å². The highest BCUT2D eigenvalue weighted by Gasteiger charge is 2.32. The van der Waals surface area contributed by atoms with Gasteiger partial charge in [-0.25, -0.2) is 13.2 Å². The topological polar surface area (TPSA) is 12.0 Å². The first-order chi connectivity index (χ1) is 9.65. The van der Waals surface area contributed by atoms with Gasteiger partial charge in [0.2, 0.25) is 0 Å². The van der Waals surface area contributed by atoms with Crippen molar-refractivity contribution in [2.75, 3.05) is 5.32 Å². The second kappa shape index (κ2) is 5.66. The van der Waals surface area contributed by atoms with E-state index >= 15 is 0 Å². The molecule has 0 aromatic heterocycles. The van der Waals surface area contributed by atoms with Gasteiger partial charge in [-0.05, 0) is 43.2 Å². The van der Waals surface area contributed by atoms with E-state index in [0.717, 1.165) is 31.2 Å². The van der Waals surface area contributed by atoms with Gasteiger partial charge in [-0.3, -0.25) is 0 Å². The molecule has 0 saturated heterocycles. The third kappa shape index (κ3) is 2.65. The number of halogens is 3. The lowest BCUT2D eigenvalue weighted by Gasteiger charge is -2.39. The average molecular weight is 283 g/mol. The van der Waals surface area contributed by atoms with Crippen LogP contribution < -0.4 is 5.32 Å². The summed E-state index contributed by atoms with van der Waals surface area (Å²) in [5.41, 5.74) is 0.0863. The number of benzene rings is 1. The van der Waals surface area contributed by atoms with Crippen molar-refractivity contribution in [1.82, 2.24) is 0 Å². The highest BCUT2D eigenvalue weighted by Crippen LogP contribution is 2.41. The van der Waals surface area contributed by atoms with E-state index in [0.29, 0.717) is 5.92 Å². The third-order valence-corrected chi connectivity index (χ3v) is 4.93. The Hall–Kier alpha value is -1.19. The summed E-state index contributed by atoms with van der Waals surface area (Å²) in [6.07, 6.45) is 8.35. The Morgan fingerprint density at radius 1 is 0.850 bits per heavy atom. The van der Waals surface area contributed by atoms with E-state index in [4.69, 9.17) is 0 Å². The van der Waals surface area contributed by atoms with Crippen molar-refractivity contribution < 1.29 is 13.2 Å². The lowest BCUT2D eigenvalue weighted by Crippen LogP contribution is -2.34. The van der Waals surface area contributed by atoms with Gasteiger partial charge in [0, 0.05) is 6.04 Å². The van der Waals surface area contributed by atoms with E-state index in [1.807, 2.05) is 0 Å². The van der Waals surface area contributed by atoms with E-state index in [9.17, 15) is 13.2 Å². The number of anilines is 1. The molecule has 1 aromatic rings. The molecular weight excluding hydrogens is 263 g/mol. The minimum absolute atomic E-state index is 0.0863. The number of nitrogens with one attached hydrogen (secondary N) is 1. The fourth-order valence-corrected chi connectivity index (χ4v) is 3.86. The molecule has 2 fully saturated rings. The van der Waals surface area contributed by atoms with Crippen LogP contribution in [0.5, 0.6) is 0 Å². The molecule has 2 aliphatic rings. The van der Waals surface area contributed by atoms with Crippen molar-refractivity contribution in [3.8, 4) is 0 Å². The molecule has 0 amide bonds. The molecule has 3 unspecified atom stereocenters. The Morgan fingerprint density at radius 2 is 1.60 bits per heavy atom. The van der Waals surface area contributed by atoms with E-state index in [1.165, 1.54) is 31.7 Å². The number of rotatable bonds is 2. The number of hydrogen-bond acceptors (Lipinski definition) is 1. The van der Waals surface area contributed by atoms with Gasteiger partial charge in [0.15, 0.2) is 17.5 Å². The SMILES string of the molecule is Fc1ccc(NC2CCC3CCCCC3C2)c(F)c1F. The fraction of sp³-hybridized carbons (Fsp3) is 0.625. The highest BCUT2D eigenvalue weighted by molar-refractivity contribution is 5.46. The normalized spacial score (nSPS) is 29.9. The van der Waals surface area contributed by atoms with Crippen LogP contribution in [0.2, 0.25) is 0 Å². The van der Waals surface area contributed by atoms with Crippen molar-refractivity contribution in [2.24, 2.45) is 11.8 Å². The van der Waals surface area contributed by atoms with Crippen LogP contribution in [0.25, 0.3) is 0 Å². The Kier molecular flexibility index (Phi) is 3.90. The molecule has 3 atom stereocenters. The van der Waals surface area contributed by atoms with Crippen LogP contribution in [0, 0.1) is 29.3 Å². The van der Waals surface area contributed by atoms with Crippen LogP contribution >= 0.6 is 0 Å². The van der Waals surface area contributed by atoms with Gasteiger partial charge in [0.05, 0.1) is 5.69 Å². The molecule has 0 aliphatic heterocycles. The molecule has 2 saturated carbocycles. The van der Waals surface area contributed by atoms with Crippen molar-refractivity contribution in [2.45, 2.75) is 51.0 Å². The molecule has 1 aromatic carbocycles. The van der Waals surface area contributed by atoms with Gasteiger partial charge in [-0.1, -0.05) is 25.7 Å². The second-order valence-electron chi connectivity index (χ2n) is 6.18. The highest BCUT2D eigenvalue weighted by atomic mass is 19.2. The predicted molar refractivity (Wildman–Crippen MR) is 73.0 cm³/mol. The molecule has 4 heteroatoms. The third-order valence-electron chi connectivity index (χ3n) is 4.93. The first-order valence-electron chi connectivity index (χ1n) is 7.55. The maximum Gasteiger partial charge on any atom is 0.196 e. The van der Waals surface area contributed by atoms with E-state index in [2.05, 4.69) is 5.32 Å². The first kappa shape index (κ1) is 13.8. The monoisotopic (exact) mass is 283 g/mol. The minimum Gasteiger partial charge on any atom is -0.380 e. The summed E-state index contributed by atoms with van der Waals surface area (Å²) in [7, 11) is 0. The quantitative estimate of drug-likeness (QED) is 0.763. The summed E-state index contributed by atoms with van der Waals surface area (Å²) in [4.78, 5) is 0. The summed E-state index contributed by atoms with van der Waals surface area (Å²) in [5, 5.41) is 3.07. The molecule has 0 heterocycles. The molecular formula is C16H20F3N. The van der Waals surface area contributed by atoms with Crippen LogP contribution in [-0.4, -0.2) is 6.04 Å². The molecule has 2 aliphatic carbocycles. The van der Waals surface area contributed by atoms with Crippen LogP contribution in [0.1, 0.15) is 44.9 Å². The van der Waals surface area contributed by atoms with Crippen LogP contribution in [0.15, 0.2) is 12.1 Å². The molecule has 1 N–H and O–H groups in total. The van der Waals surface area contributed by atoms with Crippen LogP contribution in [0.4, 0.5) is 18.9 Å². The van der Waals surface area contributed by atoms with Crippen LogP contribution in [0.3, 0.4) is 0 Å². The standard InChI is InChI=1S/C16H20F3N/c17-13-7-8-14(16(19)15(13)18)20-12-6-5-10-3-1-2-4-11(10)9-12/h7-8,10-12,20H,1-6,9H2. The van der Waals surface area contributed by atoms with Gasteiger partial charge < -0.3 is 5.32 Å². The predicted octanol–water partition coefficient (Wildman–Crippen LogP) is 4.87. The smallest absolute Gasteiger partial charge is 0.196 e. The Morgan fingerprint density at radius 3 is 2.40 bits per heavy atom. The van der Waals surface area contributed by atoms with Crippen LogP contribution in [-0.2, 0) is 0 Å². The zero-order chi connectivity index (χ0) is 14.1. The van der Waals surface area contributed by atoms with Crippen molar-refractivity contribution in [3.63, 3.8) is 0 Å². The summed E-state index contributed by atoms with van der Waals surface area (Å²) in [6.45, 7) is 0. The van der Waals surface area contributed by atoms with Gasteiger partial charge in [-0.15, -0.1) is 0 Å². The Labute approximate surface area is 117 Å². The van der Waals surface area contributed by atoms with E-state index in [1.54, 1.807) is 0 Å². The zero-order valence-electron chi connectivity index (χ0n) is 11.5. The van der Waals surface area contributed by atoms with Gasteiger partial charge in [0.25, 0.3) is 0 Å². The Bertz CT molecular complexity index is 489. The summed E-state index contributed by atoms with van der Waals surface area (Å²) in [5.74, 6) is -2.10. The summed E-state index contributed by atoms with van der Waals surface area (Å²) in [6, 6.07) is 2.45. The maximum absolute atomic E-state index is 13.7. The van der Waals surface area contributed by atoms with E-state index in [-0.39, 0.29) is 11.7 Å². The van der Waals surface area contributed by atoms with E-state index < -0.39 is 17.5 Å². The molecule has 1 nitrogen and oxygen atoms in total. The zero-order valence-corrected chi connectivity index (χ0v) is 11.5. The summed E-state index contributed by atoms with van der Waals surface area (Å²) < 4.78 is 39.8.